The fraction of sp³-hybridized carbons (Fsp3) is 0.526. The number of ether oxygens (including phenoxy) is 1. The van der Waals surface area contributed by atoms with E-state index < -0.39 is 15.9 Å². The Bertz CT molecular complexity index is 780. The van der Waals surface area contributed by atoms with Crippen molar-refractivity contribution in [1.82, 2.24) is 4.90 Å². The fourth-order valence-electron chi connectivity index (χ4n) is 3.53. The molecule has 6 heteroatoms. The predicted molar refractivity (Wildman–Crippen MR) is 97.9 cm³/mol. The molecule has 2 fully saturated rings. The van der Waals surface area contributed by atoms with Crippen LogP contribution in [0.3, 0.4) is 0 Å². The average molecular weight is 363 g/mol. The third-order valence-electron chi connectivity index (χ3n) is 4.91. The highest BCUT2D eigenvalue weighted by Crippen LogP contribution is 2.27. The van der Waals surface area contributed by atoms with Crippen molar-refractivity contribution in [2.24, 2.45) is 5.92 Å². The zero-order valence-electron chi connectivity index (χ0n) is 14.9. The van der Waals surface area contributed by atoms with Crippen molar-refractivity contribution in [2.45, 2.75) is 32.9 Å². The number of benzene rings is 1. The lowest BCUT2D eigenvalue weighted by Gasteiger charge is -2.36. The molecule has 2 saturated heterocycles. The first-order valence-corrected chi connectivity index (χ1v) is 10.5. The minimum atomic E-state index is -3.14. The molecule has 0 aliphatic carbocycles. The van der Waals surface area contributed by atoms with Crippen molar-refractivity contribution in [2.75, 3.05) is 24.7 Å². The Labute approximate surface area is 149 Å². The van der Waals surface area contributed by atoms with E-state index >= 15 is 0 Å². The smallest absolute Gasteiger partial charge is 0.247 e. The van der Waals surface area contributed by atoms with Gasteiger partial charge in [-0.2, -0.15) is 0 Å². The average Bonchev–Trinajstić information content (AvgIpc) is 2.86. The van der Waals surface area contributed by atoms with Crippen molar-refractivity contribution in [1.29, 1.82) is 0 Å². The van der Waals surface area contributed by atoms with Crippen molar-refractivity contribution in [3.63, 3.8) is 0 Å². The van der Waals surface area contributed by atoms with Gasteiger partial charge in [0.2, 0.25) is 5.91 Å². The minimum absolute atomic E-state index is 0.00120. The Morgan fingerprint density at radius 3 is 2.56 bits per heavy atom. The van der Waals surface area contributed by atoms with E-state index in [1.165, 1.54) is 5.56 Å². The topological polar surface area (TPSA) is 63.7 Å². The molecule has 1 aromatic rings. The minimum Gasteiger partial charge on any atom is -0.373 e. The van der Waals surface area contributed by atoms with E-state index in [1.807, 2.05) is 31.2 Å². The van der Waals surface area contributed by atoms with Gasteiger partial charge in [-0.25, -0.2) is 8.42 Å². The Balaban J connectivity index is 1.87. The number of hydrogen-bond acceptors (Lipinski definition) is 4. The van der Waals surface area contributed by atoms with E-state index in [-0.39, 0.29) is 29.4 Å². The van der Waals surface area contributed by atoms with Gasteiger partial charge in [-0.3, -0.25) is 4.79 Å². The maximum absolute atomic E-state index is 12.9. The summed E-state index contributed by atoms with van der Waals surface area (Å²) >= 11 is 0. The van der Waals surface area contributed by atoms with E-state index in [0.29, 0.717) is 13.2 Å². The normalized spacial score (nSPS) is 25.9. The van der Waals surface area contributed by atoms with Crippen LogP contribution < -0.4 is 0 Å². The van der Waals surface area contributed by atoms with Gasteiger partial charge in [-0.05, 0) is 24.0 Å². The van der Waals surface area contributed by atoms with Crippen LogP contribution in [0.4, 0.5) is 0 Å². The zero-order valence-corrected chi connectivity index (χ0v) is 15.8. The summed E-state index contributed by atoms with van der Waals surface area (Å²) in [6.45, 7) is 6.97. The van der Waals surface area contributed by atoms with Crippen LogP contribution in [0.2, 0.25) is 0 Å². The molecule has 2 aliphatic heterocycles. The molecule has 25 heavy (non-hydrogen) atoms. The largest absolute Gasteiger partial charge is 0.373 e. The molecule has 3 rings (SSSR count). The quantitative estimate of drug-likeness (QED) is 0.771. The Morgan fingerprint density at radius 2 is 1.92 bits per heavy atom. The van der Waals surface area contributed by atoms with Crippen molar-refractivity contribution in [3.05, 3.63) is 41.5 Å². The summed E-state index contributed by atoms with van der Waals surface area (Å²) in [6.07, 6.45) is 1.28. The van der Waals surface area contributed by atoms with Crippen molar-refractivity contribution < 1.29 is 17.9 Å². The van der Waals surface area contributed by atoms with Crippen molar-refractivity contribution in [3.8, 4) is 0 Å². The van der Waals surface area contributed by atoms with Gasteiger partial charge >= 0.3 is 0 Å². The van der Waals surface area contributed by atoms with E-state index in [0.717, 1.165) is 11.1 Å². The standard InChI is InChI=1S/C19H25NO4S/c1-13(2)16(15-6-4-14(3)5-7-15)10-19(21)20-8-9-24-18-12-25(22,23)11-17(18)20/h4-7,10,13,17-18H,8-9,11-12H2,1-3H3/b16-10+. The molecule has 5 nitrogen and oxygen atoms in total. The van der Waals surface area contributed by atoms with E-state index in [1.54, 1.807) is 11.0 Å². The number of nitrogens with zero attached hydrogens (tertiary/aromatic N) is 1. The highest BCUT2D eigenvalue weighted by atomic mass is 32.2. The van der Waals surface area contributed by atoms with Crippen LogP contribution in [0.1, 0.15) is 25.0 Å². The number of hydrogen-bond donors (Lipinski definition) is 0. The summed E-state index contributed by atoms with van der Waals surface area (Å²) in [7, 11) is -3.14. The van der Waals surface area contributed by atoms with Crippen LogP contribution in [0, 0.1) is 12.8 Å². The molecule has 0 bridgehead atoms. The fourth-order valence-corrected chi connectivity index (χ4v) is 5.40. The second-order valence-corrected chi connectivity index (χ2v) is 9.36. The van der Waals surface area contributed by atoms with Gasteiger partial charge in [0, 0.05) is 12.6 Å². The second kappa shape index (κ2) is 6.92. The molecule has 0 aromatic heterocycles. The number of aryl methyl sites for hydroxylation is 1. The molecule has 0 N–H and O–H groups in total. The lowest BCUT2D eigenvalue weighted by atomic mass is 9.94. The van der Waals surface area contributed by atoms with Crippen LogP contribution in [0.5, 0.6) is 0 Å². The van der Waals surface area contributed by atoms with Gasteiger partial charge < -0.3 is 9.64 Å². The predicted octanol–water partition coefficient (Wildman–Crippen LogP) is 2.06. The lowest BCUT2D eigenvalue weighted by molar-refractivity contribution is -0.137. The summed E-state index contributed by atoms with van der Waals surface area (Å²) in [5, 5.41) is 0. The third-order valence-corrected chi connectivity index (χ3v) is 6.59. The summed E-state index contributed by atoms with van der Waals surface area (Å²) in [5.41, 5.74) is 3.16. The number of morpholine rings is 1. The number of carbonyl (C=O) groups is 1. The van der Waals surface area contributed by atoms with E-state index in [9.17, 15) is 13.2 Å². The molecule has 136 valence electrons. The van der Waals surface area contributed by atoms with Gasteiger partial charge in [0.15, 0.2) is 9.84 Å². The monoisotopic (exact) mass is 363 g/mol. The Hall–Kier alpha value is -1.66. The van der Waals surface area contributed by atoms with E-state index in [2.05, 4.69) is 13.8 Å². The summed E-state index contributed by atoms with van der Waals surface area (Å²) in [6, 6.07) is 7.75. The van der Waals surface area contributed by atoms with Gasteiger partial charge in [0.25, 0.3) is 0 Å². The second-order valence-electron chi connectivity index (χ2n) is 7.21. The highest BCUT2D eigenvalue weighted by Gasteiger charge is 2.45. The summed E-state index contributed by atoms with van der Waals surface area (Å²) in [5.74, 6) is 0.0781. The van der Waals surface area contributed by atoms with Crippen LogP contribution in [0.15, 0.2) is 30.3 Å². The molecule has 1 amide bonds. The number of sulfone groups is 1. The maximum Gasteiger partial charge on any atom is 0.247 e. The van der Waals surface area contributed by atoms with Gasteiger partial charge in [0.1, 0.15) is 0 Å². The molecule has 1 aromatic carbocycles. The SMILES string of the molecule is Cc1ccc(/C(=C/C(=O)N2CCOC3CS(=O)(=O)CC32)C(C)C)cc1. The van der Waals surface area contributed by atoms with Crippen molar-refractivity contribution >= 4 is 21.3 Å². The molecule has 2 heterocycles. The molecular formula is C19H25NO4S. The number of rotatable bonds is 3. The molecule has 0 saturated carbocycles. The molecule has 2 unspecified atom stereocenters. The van der Waals surface area contributed by atoms with Crippen LogP contribution in [-0.2, 0) is 19.4 Å². The van der Waals surface area contributed by atoms with Crippen LogP contribution >= 0.6 is 0 Å². The number of amides is 1. The first-order valence-electron chi connectivity index (χ1n) is 8.68. The summed E-state index contributed by atoms with van der Waals surface area (Å²) in [4.78, 5) is 14.6. The van der Waals surface area contributed by atoms with E-state index in [4.69, 9.17) is 4.74 Å². The first-order chi connectivity index (χ1) is 11.8. The number of fused-ring (bicyclic) bond motifs is 1. The zero-order chi connectivity index (χ0) is 18.2. The molecule has 2 aliphatic rings. The molecule has 0 spiro atoms. The van der Waals surface area contributed by atoms with Gasteiger partial charge in [0.05, 0.1) is 30.3 Å². The van der Waals surface area contributed by atoms with Gasteiger partial charge in [-0.1, -0.05) is 43.7 Å². The Kier molecular flexibility index (Phi) is 5.02. The summed E-state index contributed by atoms with van der Waals surface area (Å²) < 4.78 is 29.4. The number of carbonyl (C=O) groups excluding carboxylic acids is 1. The molecular weight excluding hydrogens is 338 g/mol. The highest BCUT2D eigenvalue weighted by molar-refractivity contribution is 7.91. The lowest BCUT2D eigenvalue weighted by Crippen LogP contribution is -2.52. The maximum atomic E-state index is 12.9. The van der Waals surface area contributed by atoms with Crippen LogP contribution in [-0.4, -0.2) is 56.0 Å². The Morgan fingerprint density at radius 1 is 1.24 bits per heavy atom. The van der Waals surface area contributed by atoms with Gasteiger partial charge in [-0.15, -0.1) is 0 Å². The third kappa shape index (κ3) is 3.96. The molecule has 0 radical (unpaired) electrons. The van der Waals surface area contributed by atoms with Crippen LogP contribution in [0.25, 0.3) is 5.57 Å². The number of allylic oxidation sites excluding steroid dienone is 1. The molecule has 2 atom stereocenters. The first kappa shape index (κ1) is 18.1.